The molecule has 0 fully saturated rings. The van der Waals surface area contributed by atoms with Gasteiger partial charge in [0, 0.05) is 10.9 Å². The number of carboxylic acids is 1. The molecule has 0 radical (unpaired) electrons. The first kappa shape index (κ1) is 12.0. The Morgan fingerprint density at radius 1 is 1.53 bits per heavy atom. The van der Waals surface area contributed by atoms with E-state index in [9.17, 15) is 4.79 Å². The van der Waals surface area contributed by atoms with Crippen LogP contribution in [0.5, 0.6) is 0 Å². The molecule has 0 aliphatic rings. The molecule has 0 atom stereocenters. The lowest BCUT2D eigenvalue weighted by molar-refractivity contribution is -0.136. The average Bonchev–Trinajstić information content (AvgIpc) is 2.17. The number of allylic oxidation sites excluding steroid dienone is 2. The van der Waals surface area contributed by atoms with Crippen molar-refractivity contribution >= 4 is 27.5 Å². The van der Waals surface area contributed by atoms with Gasteiger partial charge in [0.05, 0.1) is 0 Å². The number of carboxylic acid groups (broad SMARTS) is 1. The van der Waals surface area contributed by atoms with Crippen LogP contribution in [0.4, 0.5) is 0 Å². The number of hydrogen-bond donors (Lipinski definition) is 1. The van der Waals surface area contributed by atoms with Crippen LogP contribution < -0.4 is 0 Å². The van der Waals surface area contributed by atoms with Crippen LogP contribution in [0.25, 0.3) is 5.57 Å². The number of aliphatic carboxylic acids is 1. The summed E-state index contributed by atoms with van der Waals surface area (Å²) in [5.41, 5.74) is 2.23. The lowest BCUT2D eigenvalue weighted by atomic mass is 10.1. The maximum absolute atomic E-state index is 10.3. The number of halogens is 1. The van der Waals surface area contributed by atoms with Crippen LogP contribution in [0.3, 0.4) is 0 Å². The third kappa shape index (κ3) is 4.30. The second kappa shape index (κ2) is 5.71. The molecular formula is C12H13BrO2. The van der Waals surface area contributed by atoms with Crippen LogP contribution in [-0.2, 0) is 4.79 Å². The van der Waals surface area contributed by atoms with Gasteiger partial charge in [0.1, 0.15) is 0 Å². The molecule has 3 heteroatoms. The van der Waals surface area contributed by atoms with Gasteiger partial charge < -0.3 is 5.11 Å². The van der Waals surface area contributed by atoms with E-state index >= 15 is 0 Å². The summed E-state index contributed by atoms with van der Waals surface area (Å²) >= 11 is 3.40. The van der Waals surface area contributed by atoms with Gasteiger partial charge in [0.15, 0.2) is 0 Å². The van der Waals surface area contributed by atoms with Crippen LogP contribution in [0.2, 0.25) is 0 Å². The van der Waals surface area contributed by atoms with Gasteiger partial charge in [0.2, 0.25) is 0 Å². The molecule has 0 aliphatic carbocycles. The van der Waals surface area contributed by atoms with Crippen LogP contribution in [0.15, 0.2) is 34.8 Å². The Kier molecular flexibility index (Phi) is 4.56. The van der Waals surface area contributed by atoms with Gasteiger partial charge in [0.25, 0.3) is 0 Å². The highest BCUT2D eigenvalue weighted by atomic mass is 79.9. The maximum Gasteiger partial charge on any atom is 0.303 e. The van der Waals surface area contributed by atoms with Crippen molar-refractivity contribution in [1.29, 1.82) is 0 Å². The van der Waals surface area contributed by atoms with E-state index < -0.39 is 5.97 Å². The van der Waals surface area contributed by atoms with Crippen molar-refractivity contribution < 1.29 is 9.90 Å². The molecule has 1 rings (SSSR count). The zero-order valence-electron chi connectivity index (χ0n) is 8.53. The first-order valence-electron chi connectivity index (χ1n) is 4.74. The van der Waals surface area contributed by atoms with Crippen molar-refractivity contribution in [1.82, 2.24) is 0 Å². The highest BCUT2D eigenvalue weighted by Crippen LogP contribution is 2.19. The van der Waals surface area contributed by atoms with Gasteiger partial charge >= 0.3 is 5.97 Å². The normalized spacial score (nSPS) is 11.5. The molecule has 15 heavy (non-hydrogen) atoms. The molecule has 80 valence electrons. The molecular weight excluding hydrogens is 256 g/mol. The quantitative estimate of drug-likeness (QED) is 0.904. The van der Waals surface area contributed by atoms with Crippen LogP contribution in [0, 0.1) is 0 Å². The molecule has 1 N–H and O–H groups in total. The second-order valence-electron chi connectivity index (χ2n) is 3.33. The molecule has 0 bridgehead atoms. The summed E-state index contributed by atoms with van der Waals surface area (Å²) in [5.74, 6) is -0.756. The first-order valence-corrected chi connectivity index (χ1v) is 5.53. The monoisotopic (exact) mass is 268 g/mol. The molecule has 0 heterocycles. The van der Waals surface area contributed by atoms with E-state index in [2.05, 4.69) is 15.9 Å². The molecule has 0 aliphatic heterocycles. The maximum atomic E-state index is 10.3. The van der Waals surface area contributed by atoms with Gasteiger partial charge in [-0.1, -0.05) is 34.1 Å². The number of benzene rings is 1. The first-order chi connectivity index (χ1) is 7.09. The third-order valence-corrected chi connectivity index (χ3v) is 2.58. The van der Waals surface area contributed by atoms with E-state index in [0.717, 1.165) is 15.6 Å². The SMILES string of the molecule is C/C(=C/CCC(=O)O)c1cccc(Br)c1. The molecule has 1 aromatic carbocycles. The van der Waals surface area contributed by atoms with Crippen LogP contribution in [0.1, 0.15) is 25.3 Å². The molecule has 0 aromatic heterocycles. The largest absolute Gasteiger partial charge is 0.481 e. The summed E-state index contributed by atoms with van der Waals surface area (Å²) in [5, 5.41) is 8.50. The summed E-state index contributed by atoms with van der Waals surface area (Å²) in [7, 11) is 0. The topological polar surface area (TPSA) is 37.3 Å². The fourth-order valence-electron chi connectivity index (χ4n) is 1.26. The summed E-state index contributed by atoms with van der Waals surface area (Å²) in [6.45, 7) is 1.99. The van der Waals surface area contributed by atoms with E-state index in [1.807, 2.05) is 37.3 Å². The Morgan fingerprint density at radius 2 is 2.27 bits per heavy atom. The summed E-state index contributed by atoms with van der Waals surface area (Å²) < 4.78 is 1.03. The van der Waals surface area contributed by atoms with Gasteiger partial charge in [-0.2, -0.15) is 0 Å². The fourth-order valence-corrected chi connectivity index (χ4v) is 1.66. The van der Waals surface area contributed by atoms with Gasteiger partial charge in [-0.15, -0.1) is 0 Å². The fraction of sp³-hybridized carbons (Fsp3) is 0.250. The predicted molar refractivity (Wildman–Crippen MR) is 64.7 cm³/mol. The Hall–Kier alpha value is -1.09. The zero-order chi connectivity index (χ0) is 11.3. The summed E-state index contributed by atoms with van der Waals surface area (Å²) in [6, 6.07) is 7.96. The average molecular weight is 269 g/mol. The van der Waals surface area contributed by atoms with Crippen LogP contribution >= 0.6 is 15.9 Å². The van der Waals surface area contributed by atoms with E-state index in [4.69, 9.17) is 5.11 Å². The predicted octanol–water partition coefficient (Wildman–Crippen LogP) is 3.72. The summed E-state index contributed by atoms with van der Waals surface area (Å²) in [6.07, 6.45) is 2.72. The van der Waals surface area contributed by atoms with Crippen LogP contribution in [-0.4, -0.2) is 11.1 Å². The minimum Gasteiger partial charge on any atom is -0.481 e. The van der Waals surface area contributed by atoms with E-state index in [-0.39, 0.29) is 6.42 Å². The highest BCUT2D eigenvalue weighted by Gasteiger charge is 1.97. The zero-order valence-corrected chi connectivity index (χ0v) is 10.1. The number of carbonyl (C=O) groups is 1. The van der Waals surface area contributed by atoms with Gasteiger partial charge in [-0.3, -0.25) is 4.79 Å². The lowest BCUT2D eigenvalue weighted by Crippen LogP contribution is -1.92. The Morgan fingerprint density at radius 3 is 2.87 bits per heavy atom. The van der Waals surface area contributed by atoms with Gasteiger partial charge in [-0.05, 0) is 36.6 Å². The van der Waals surface area contributed by atoms with Crippen molar-refractivity contribution in [3.63, 3.8) is 0 Å². The molecule has 0 amide bonds. The molecule has 2 nitrogen and oxygen atoms in total. The molecule has 1 aromatic rings. The van der Waals surface area contributed by atoms with Crippen molar-refractivity contribution in [2.45, 2.75) is 19.8 Å². The van der Waals surface area contributed by atoms with E-state index in [0.29, 0.717) is 6.42 Å². The Bertz CT molecular complexity index is 383. The standard InChI is InChI=1S/C12H13BrO2/c1-9(4-2-7-12(14)15)10-5-3-6-11(13)8-10/h3-6,8H,2,7H2,1H3,(H,14,15)/b9-4-. The minimum atomic E-state index is -0.756. The number of hydrogen-bond acceptors (Lipinski definition) is 1. The Labute approximate surface area is 97.8 Å². The highest BCUT2D eigenvalue weighted by molar-refractivity contribution is 9.10. The molecule has 0 saturated carbocycles. The number of rotatable bonds is 4. The smallest absolute Gasteiger partial charge is 0.303 e. The van der Waals surface area contributed by atoms with Crippen molar-refractivity contribution in [2.75, 3.05) is 0 Å². The van der Waals surface area contributed by atoms with Crippen molar-refractivity contribution in [2.24, 2.45) is 0 Å². The molecule has 0 saturated heterocycles. The van der Waals surface area contributed by atoms with E-state index in [1.54, 1.807) is 0 Å². The lowest BCUT2D eigenvalue weighted by Gasteiger charge is -2.01. The molecule has 0 unspecified atom stereocenters. The minimum absolute atomic E-state index is 0.186. The molecule has 0 spiro atoms. The van der Waals surface area contributed by atoms with Gasteiger partial charge in [-0.25, -0.2) is 0 Å². The third-order valence-electron chi connectivity index (χ3n) is 2.09. The summed E-state index contributed by atoms with van der Waals surface area (Å²) in [4.78, 5) is 10.3. The van der Waals surface area contributed by atoms with Crippen molar-refractivity contribution in [3.05, 3.63) is 40.4 Å². The Balaban J connectivity index is 2.67. The van der Waals surface area contributed by atoms with Crippen molar-refractivity contribution in [3.8, 4) is 0 Å². The van der Waals surface area contributed by atoms with E-state index in [1.165, 1.54) is 0 Å². The second-order valence-corrected chi connectivity index (χ2v) is 4.25.